The van der Waals surface area contributed by atoms with E-state index in [2.05, 4.69) is 18.7 Å². The second-order valence-electron chi connectivity index (χ2n) is 3.99. The van der Waals surface area contributed by atoms with Gasteiger partial charge in [-0.15, -0.1) is 0 Å². The molecular weight excluding hydrogens is 162 g/mol. The molecule has 1 heterocycles. The van der Waals surface area contributed by atoms with Gasteiger partial charge in [0.15, 0.2) is 0 Å². The fraction of sp³-hybridized carbons (Fsp3) is 1.00. The van der Waals surface area contributed by atoms with E-state index in [1.165, 1.54) is 38.9 Å². The van der Waals surface area contributed by atoms with E-state index in [0.717, 1.165) is 13.0 Å². The first-order valence-corrected chi connectivity index (χ1v) is 5.67. The van der Waals surface area contributed by atoms with Gasteiger partial charge in [-0.1, -0.05) is 6.92 Å². The molecule has 1 rings (SSSR count). The van der Waals surface area contributed by atoms with Gasteiger partial charge in [0, 0.05) is 13.2 Å². The summed E-state index contributed by atoms with van der Waals surface area (Å²) in [6, 6.07) is 0. The SMILES string of the molecule is CCC(C)OCCCN1CCCC1. The number of rotatable bonds is 6. The molecule has 0 saturated carbocycles. The summed E-state index contributed by atoms with van der Waals surface area (Å²) in [4.78, 5) is 2.54. The minimum atomic E-state index is 0.443. The Morgan fingerprint density at radius 1 is 1.31 bits per heavy atom. The van der Waals surface area contributed by atoms with Gasteiger partial charge >= 0.3 is 0 Å². The zero-order valence-corrected chi connectivity index (χ0v) is 9.09. The van der Waals surface area contributed by atoms with Gasteiger partial charge in [0.25, 0.3) is 0 Å². The van der Waals surface area contributed by atoms with Crippen molar-refractivity contribution in [3.63, 3.8) is 0 Å². The third-order valence-electron chi connectivity index (χ3n) is 2.79. The Hall–Kier alpha value is -0.0800. The van der Waals surface area contributed by atoms with Gasteiger partial charge in [-0.25, -0.2) is 0 Å². The second-order valence-corrected chi connectivity index (χ2v) is 3.99. The van der Waals surface area contributed by atoms with Crippen molar-refractivity contribution >= 4 is 0 Å². The molecule has 1 aliphatic heterocycles. The van der Waals surface area contributed by atoms with Crippen LogP contribution in [0.25, 0.3) is 0 Å². The van der Waals surface area contributed by atoms with Crippen molar-refractivity contribution in [2.45, 2.75) is 45.6 Å². The number of ether oxygens (including phenoxy) is 1. The molecule has 1 aliphatic rings. The molecule has 0 radical (unpaired) electrons. The van der Waals surface area contributed by atoms with Crippen LogP contribution in [0.15, 0.2) is 0 Å². The molecule has 0 aromatic heterocycles. The molecule has 0 aromatic rings. The number of likely N-dealkylation sites (tertiary alicyclic amines) is 1. The summed E-state index contributed by atoms with van der Waals surface area (Å²) in [5, 5.41) is 0. The Morgan fingerprint density at radius 2 is 2.00 bits per heavy atom. The minimum Gasteiger partial charge on any atom is -0.378 e. The van der Waals surface area contributed by atoms with E-state index in [9.17, 15) is 0 Å². The van der Waals surface area contributed by atoms with Crippen molar-refractivity contribution in [1.82, 2.24) is 4.90 Å². The molecule has 13 heavy (non-hydrogen) atoms. The standard InChI is InChI=1S/C11H23NO/c1-3-11(2)13-10-6-9-12-7-4-5-8-12/h11H,3-10H2,1-2H3. The fourth-order valence-electron chi connectivity index (χ4n) is 1.70. The highest BCUT2D eigenvalue weighted by Crippen LogP contribution is 2.07. The average molecular weight is 185 g/mol. The molecule has 0 N–H and O–H groups in total. The fourth-order valence-corrected chi connectivity index (χ4v) is 1.70. The highest BCUT2D eigenvalue weighted by atomic mass is 16.5. The molecule has 78 valence electrons. The Labute approximate surface area is 82.3 Å². The van der Waals surface area contributed by atoms with Gasteiger partial charge in [-0.3, -0.25) is 0 Å². The monoisotopic (exact) mass is 185 g/mol. The lowest BCUT2D eigenvalue weighted by Gasteiger charge is -2.15. The maximum absolute atomic E-state index is 5.62. The van der Waals surface area contributed by atoms with Crippen LogP contribution < -0.4 is 0 Å². The summed E-state index contributed by atoms with van der Waals surface area (Å²) in [5.74, 6) is 0. The smallest absolute Gasteiger partial charge is 0.0544 e. The third kappa shape index (κ3) is 4.63. The predicted octanol–water partition coefficient (Wildman–Crippen LogP) is 2.29. The zero-order valence-electron chi connectivity index (χ0n) is 9.09. The molecule has 1 atom stereocenters. The van der Waals surface area contributed by atoms with E-state index in [1.807, 2.05) is 0 Å². The van der Waals surface area contributed by atoms with Gasteiger partial charge in [0.2, 0.25) is 0 Å². The van der Waals surface area contributed by atoms with E-state index in [4.69, 9.17) is 4.74 Å². The number of hydrogen-bond acceptors (Lipinski definition) is 2. The van der Waals surface area contributed by atoms with E-state index in [0.29, 0.717) is 6.10 Å². The number of nitrogens with zero attached hydrogens (tertiary/aromatic N) is 1. The van der Waals surface area contributed by atoms with Crippen molar-refractivity contribution in [2.24, 2.45) is 0 Å². The van der Waals surface area contributed by atoms with Gasteiger partial charge in [-0.05, 0) is 45.7 Å². The van der Waals surface area contributed by atoms with Crippen LogP contribution in [0.3, 0.4) is 0 Å². The lowest BCUT2D eigenvalue weighted by molar-refractivity contribution is 0.0577. The van der Waals surface area contributed by atoms with Crippen molar-refractivity contribution in [1.29, 1.82) is 0 Å². The van der Waals surface area contributed by atoms with Crippen molar-refractivity contribution in [3.8, 4) is 0 Å². The summed E-state index contributed by atoms with van der Waals surface area (Å²) >= 11 is 0. The highest BCUT2D eigenvalue weighted by molar-refractivity contribution is 4.65. The third-order valence-corrected chi connectivity index (χ3v) is 2.79. The molecule has 2 nitrogen and oxygen atoms in total. The van der Waals surface area contributed by atoms with Gasteiger partial charge < -0.3 is 9.64 Å². The molecule has 2 heteroatoms. The molecule has 1 unspecified atom stereocenters. The van der Waals surface area contributed by atoms with E-state index in [-0.39, 0.29) is 0 Å². The molecule has 0 amide bonds. The van der Waals surface area contributed by atoms with E-state index < -0.39 is 0 Å². The predicted molar refractivity (Wildman–Crippen MR) is 56.0 cm³/mol. The maximum atomic E-state index is 5.62. The molecule has 1 fully saturated rings. The van der Waals surface area contributed by atoms with Crippen LogP contribution in [0.2, 0.25) is 0 Å². The van der Waals surface area contributed by atoms with E-state index in [1.54, 1.807) is 0 Å². The Morgan fingerprint density at radius 3 is 2.62 bits per heavy atom. The molecule has 0 aliphatic carbocycles. The lowest BCUT2D eigenvalue weighted by atomic mass is 10.3. The summed E-state index contributed by atoms with van der Waals surface area (Å²) < 4.78 is 5.62. The van der Waals surface area contributed by atoms with Crippen LogP contribution in [0.5, 0.6) is 0 Å². The first-order valence-electron chi connectivity index (χ1n) is 5.67. The Bertz CT molecular complexity index is 121. The molecule has 0 bridgehead atoms. The topological polar surface area (TPSA) is 12.5 Å². The maximum Gasteiger partial charge on any atom is 0.0544 e. The van der Waals surface area contributed by atoms with Crippen LogP contribution in [-0.2, 0) is 4.74 Å². The van der Waals surface area contributed by atoms with E-state index >= 15 is 0 Å². The average Bonchev–Trinajstić information content (AvgIpc) is 2.64. The molecule has 0 spiro atoms. The van der Waals surface area contributed by atoms with Crippen molar-refractivity contribution in [2.75, 3.05) is 26.2 Å². The zero-order chi connectivity index (χ0) is 9.52. The van der Waals surface area contributed by atoms with Crippen LogP contribution in [0.4, 0.5) is 0 Å². The van der Waals surface area contributed by atoms with Gasteiger partial charge in [0.05, 0.1) is 6.10 Å². The van der Waals surface area contributed by atoms with Crippen LogP contribution in [-0.4, -0.2) is 37.2 Å². The van der Waals surface area contributed by atoms with Crippen LogP contribution in [0.1, 0.15) is 39.5 Å². The van der Waals surface area contributed by atoms with Gasteiger partial charge in [0.1, 0.15) is 0 Å². The summed E-state index contributed by atoms with van der Waals surface area (Å²) in [6.45, 7) is 9.11. The van der Waals surface area contributed by atoms with Gasteiger partial charge in [-0.2, -0.15) is 0 Å². The quantitative estimate of drug-likeness (QED) is 0.589. The van der Waals surface area contributed by atoms with Crippen LogP contribution >= 0.6 is 0 Å². The summed E-state index contributed by atoms with van der Waals surface area (Å²) in [6.07, 6.45) is 5.56. The van der Waals surface area contributed by atoms with Crippen molar-refractivity contribution in [3.05, 3.63) is 0 Å². The first-order chi connectivity index (χ1) is 6.33. The highest BCUT2D eigenvalue weighted by Gasteiger charge is 2.10. The largest absolute Gasteiger partial charge is 0.378 e. The normalized spacial score (nSPS) is 20.8. The first kappa shape index (κ1) is 11.0. The summed E-state index contributed by atoms with van der Waals surface area (Å²) in [7, 11) is 0. The molecule has 0 aromatic carbocycles. The lowest BCUT2D eigenvalue weighted by Crippen LogP contribution is -2.22. The van der Waals surface area contributed by atoms with Crippen molar-refractivity contribution < 1.29 is 4.74 Å². The Balaban J connectivity index is 1.88. The van der Waals surface area contributed by atoms with Crippen LogP contribution in [0, 0.1) is 0 Å². The Kier molecular flexibility index (Phi) is 5.40. The molecular formula is C11H23NO. The summed E-state index contributed by atoms with van der Waals surface area (Å²) in [5.41, 5.74) is 0. The molecule has 1 saturated heterocycles. The number of hydrogen-bond donors (Lipinski definition) is 0. The second kappa shape index (κ2) is 6.39. The minimum absolute atomic E-state index is 0.443.